The molecule has 0 amide bonds. The minimum atomic E-state index is -0.880. The number of aliphatic hydroxyl groups is 1. The Morgan fingerprint density at radius 3 is 2.89 bits per heavy atom. The molecule has 7 nitrogen and oxygen atoms in total. The summed E-state index contributed by atoms with van der Waals surface area (Å²) in [6.07, 6.45) is 0.509. The first-order valence-electron chi connectivity index (χ1n) is 5.60. The van der Waals surface area contributed by atoms with Gasteiger partial charge in [0, 0.05) is 26.7 Å². The largest absolute Gasteiger partial charge is 0.433 e. The molecule has 1 aromatic rings. The molecule has 7 heteroatoms. The molecule has 0 saturated heterocycles. The number of nitrogens with one attached hydrogen (secondary N) is 1. The van der Waals surface area contributed by atoms with Crippen molar-refractivity contribution in [2.45, 2.75) is 25.5 Å². The van der Waals surface area contributed by atoms with E-state index in [0.717, 1.165) is 0 Å². The molecule has 0 aliphatic rings. The van der Waals surface area contributed by atoms with E-state index in [1.165, 1.54) is 12.1 Å². The SMILES string of the molecule is COCCC(C)(O)CNCc1ccc([N+](=O)[O-])o1. The summed E-state index contributed by atoms with van der Waals surface area (Å²) in [5.41, 5.74) is -0.880. The predicted octanol–water partition coefficient (Wildman–Crippen LogP) is 1.06. The third kappa shape index (κ3) is 4.82. The molecule has 0 radical (unpaired) electrons. The molecule has 1 atom stereocenters. The molecule has 0 aromatic carbocycles. The van der Waals surface area contributed by atoms with Crippen LogP contribution in [0.2, 0.25) is 0 Å². The van der Waals surface area contributed by atoms with Gasteiger partial charge >= 0.3 is 5.88 Å². The first kappa shape index (κ1) is 14.6. The van der Waals surface area contributed by atoms with Crippen molar-refractivity contribution in [1.29, 1.82) is 0 Å². The van der Waals surface area contributed by atoms with E-state index in [1.54, 1.807) is 14.0 Å². The van der Waals surface area contributed by atoms with E-state index in [1.807, 2.05) is 0 Å². The highest BCUT2D eigenvalue weighted by Gasteiger charge is 2.19. The Bertz CT molecular complexity index is 389. The molecule has 1 rings (SSSR count). The minimum absolute atomic E-state index is 0.280. The Morgan fingerprint density at radius 1 is 1.61 bits per heavy atom. The maximum absolute atomic E-state index is 10.4. The molecule has 2 N–H and O–H groups in total. The van der Waals surface area contributed by atoms with Crippen LogP contribution in [0.3, 0.4) is 0 Å². The van der Waals surface area contributed by atoms with Crippen molar-refractivity contribution >= 4 is 5.88 Å². The molecule has 0 saturated carbocycles. The van der Waals surface area contributed by atoms with Crippen LogP contribution in [0.25, 0.3) is 0 Å². The van der Waals surface area contributed by atoms with E-state index >= 15 is 0 Å². The molecule has 18 heavy (non-hydrogen) atoms. The van der Waals surface area contributed by atoms with Gasteiger partial charge in [0.1, 0.15) is 10.7 Å². The average Bonchev–Trinajstić information content (AvgIpc) is 2.75. The fourth-order valence-corrected chi connectivity index (χ4v) is 1.43. The Hall–Kier alpha value is -1.44. The molecule has 0 aliphatic carbocycles. The number of nitrogens with zero attached hydrogens (tertiary/aromatic N) is 1. The molecule has 0 spiro atoms. The quantitative estimate of drug-likeness (QED) is 0.534. The number of furan rings is 1. The minimum Gasteiger partial charge on any atom is -0.404 e. The maximum Gasteiger partial charge on any atom is 0.433 e. The lowest BCUT2D eigenvalue weighted by Gasteiger charge is -2.22. The second-order valence-corrected chi connectivity index (χ2v) is 4.34. The second kappa shape index (κ2) is 6.48. The lowest BCUT2D eigenvalue weighted by Crippen LogP contribution is -2.38. The molecule has 1 unspecified atom stereocenters. The smallest absolute Gasteiger partial charge is 0.404 e. The highest BCUT2D eigenvalue weighted by atomic mass is 16.6. The maximum atomic E-state index is 10.4. The van der Waals surface area contributed by atoms with Crippen molar-refractivity contribution < 1.29 is 19.2 Å². The van der Waals surface area contributed by atoms with Gasteiger partial charge in [-0.1, -0.05) is 0 Å². The first-order chi connectivity index (χ1) is 8.44. The number of nitro groups is 1. The van der Waals surface area contributed by atoms with Crippen molar-refractivity contribution in [3.63, 3.8) is 0 Å². The third-order valence-electron chi connectivity index (χ3n) is 2.48. The van der Waals surface area contributed by atoms with Crippen molar-refractivity contribution in [2.24, 2.45) is 0 Å². The van der Waals surface area contributed by atoms with Crippen LogP contribution in [-0.4, -0.2) is 35.9 Å². The Morgan fingerprint density at radius 2 is 2.33 bits per heavy atom. The summed E-state index contributed by atoms with van der Waals surface area (Å²) in [5.74, 6) is 0.183. The number of rotatable bonds is 8. The van der Waals surface area contributed by atoms with E-state index in [4.69, 9.17) is 9.15 Å². The van der Waals surface area contributed by atoms with Crippen molar-refractivity contribution in [3.05, 3.63) is 28.0 Å². The lowest BCUT2D eigenvalue weighted by atomic mass is 10.0. The van der Waals surface area contributed by atoms with Crippen molar-refractivity contribution in [3.8, 4) is 0 Å². The van der Waals surface area contributed by atoms with Gasteiger partial charge in [0.05, 0.1) is 18.2 Å². The second-order valence-electron chi connectivity index (χ2n) is 4.34. The van der Waals surface area contributed by atoms with E-state index in [9.17, 15) is 15.2 Å². The van der Waals surface area contributed by atoms with Gasteiger partial charge in [0.25, 0.3) is 0 Å². The van der Waals surface area contributed by atoms with E-state index in [0.29, 0.717) is 31.9 Å². The number of ether oxygens (including phenoxy) is 1. The van der Waals surface area contributed by atoms with Crippen LogP contribution in [0, 0.1) is 10.1 Å². The normalized spacial score (nSPS) is 14.4. The molecule has 0 bridgehead atoms. The van der Waals surface area contributed by atoms with Gasteiger partial charge in [-0.3, -0.25) is 10.1 Å². The molecule has 1 heterocycles. The van der Waals surface area contributed by atoms with Crippen LogP contribution < -0.4 is 5.32 Å². The van der Waals surface area contributed by atoms with Gasteiger partial charge < -0.3 is 19.6 Å². The molecular formula is C11H18N2O5. The van der Waals surface area contributed by atoms with Crippen LogP contribution in [0.1, 0.15) is 19.1 Å². The first-order valence-corrected chi connectivity index (χ1v) is 5.60. The topological polar surface area (TPSA) is 97.8 Å². The van der Waals surface area contributed by atoms with Crippen LogP contribution in [0.5, 0.6) is 0 Å². The zero-order valence-corrected chi connectivity index (χ0v) is 10.5. The monoisotopic (exact) mass is 258 g/mol. The molecule has 1 aromatic heterocycles. The van der Waals surface area contributed by atoms with Gasteiger partial charge in [0.2, 0.25) is 0 Å². The summed E-state index contributed by atoms with van der Waals surface area (Å²) in [4.78, 5) is 9.82. The van der Waals surface area contributed by atoms with Gasteiger partial charge in [-0.2, -0.15) is 0 Å². The zero-order chi connectivity index (χ0) is 13.6. The average molecular weight is 258 g/mol. The molecular weight excluding hydrogens is 240 g/mol. The van der Waals surface area contributed by atoms with Crippen molar-refractivity contribution in [1.82, 2.24) is 5.32 Å². The van der Waals surface area contributed by atoms with Crippen LogP contribution >= 0.6 is 0 Å². The number of methoxy groups -OCH3 is 1. The predicted molar refractivity (Wildman–Crippen MR) is 64.2 cm³/mol. The Balaban J connectivity index is 2.34. The summed E-state index contributed by atoms with van der Waals surface area (Å²) in [6, 6.07) is 2.84. The van der Waals surface area contributed by atoms with Crippen LogP contribution in [0.4, 0.5) is 5.88 Å². The summed E-state index contributed by atoms with van der Waals surface area (Å²) < 4.78 is 9.86. The molecule has 0 aliphatic heterocycles. The summed E-state index contributed by atoms with van der Waals surface area (Å²) >= 11 is 0. The van der Waals surface area contributed by atoms with Gasteiger partial charge in [-0.25, -0.2) is 0 Å². The van der Waals surface area contributed by atoms with E-state index in [2.05, 4.69) is 5.32 Å². The zero-order valence-electron chi connectivity index (χ0n) is 10.5. The number of hydrogen-bond donors (Lipinski definition) is 2. The van der Waals surface area contributed by atoms with Crippen LogP contribution in [-0.2, 0) is 11.3 Å². The van der Waals surface area contributed by atoms with E-state index in [-0.39, 0.29) is 5.88 Å². The third-order valence-corrected chi connectivity index (χ3v) is 2.48. The van der Waals surface area contributed by atoms with Crippen molar-refractivity contribution in [2.75, 3.05) is 20.3 Å². The Labute approximate surface area is 105 Å². The highest BCUT2D eigenvalue weighted by Crippen LogP contribution is 2.15. The lowest BCUT2D eigenvalue weighted by molar-refractivity contribution is -0.402. The number of hydrogen-bond acceptors (Lipinski definition) is 6. The summed E-state index contributed by atoms with van der Waals surface area (Å²) in [6.45, 7) is 2.85. The molecule has 102 valence electrons. The van der Waals surface area contributed by atoms with Crippen LogP contribution in [0.15, 0.2) is 16.5 Å². The summed E-state index contributed by atoms with van der Waals surface area (Å²) in [5, 5.41) is 23.3. The van der Waals surface area contributed by atoms with Gasteiger partial charge in [-0.05, 0) is 13.0 Å². The van der Waals surface area contributed by atoms with Gasteiger partial charge in [-0.15, -0.1) is 0 Å². The standard InChI is InChI=1S/C11H18N2O5/c1-11(14,5-6-17-2)8-12-7-9-3-4-10(18-9)13(15)16/h3-4,12,14H,5-8H2,1-2H3. The fourth-order valence-electron chi connectivity index (χ4n) is 1.43. The van der Waals surface area contributed by atoms with Gasteiger partial charge in [0.15, 0.2) is 0 Å². The van der Waals surface area contributed by atoms with E-state index < -0.39 is 10.5 Å². The fraction of sp³-hybridized carbons (Fsp3) is 0.636. The Kier molecular flexibility index (Phi) is 5.26. The summed E-state index contributed by atoms with van der Waals surface area (Å²) in [7, 11) is 1.57. The molecule has 0 fully saturated rings. The highest BCUT2D eigenvalue weighted by molar-refractivity contribution is 5.17.